The van der Waals surface area contributed by atoms with E-state index in [1.807, 2.05) is 0 Å². The standard InChI is InChI=1S/C10H21N/c1-8(2)9-6-10(3,7-9)11(4)5/h8-9H,6-7H2,1-5H3. The first-order chi connectivity index (χ1) is 4.96. The predicted molar refractivity (Wildman–Crippen MR) is 49.7 cm³/mol. The summed E-state index contributed by atoms with van der Waals surface area (Å²) in [7, 11) is 4.38. The minimum Gasteiger partial charge on any atom is -0.304 e. The SMILES string of the molecule is CC(C)C1CC(C)(N(C)C)C1. The van der Waals surface area contributed by atoms with Gasteiger partial charge in [0.05, 0.1) is 0 Å². The van der Waals surface area contributed by atoms with Crippen LogP contribution in [0.1, 0.15) is 33.6 Å². The third-order valence-corrected chi connectivity index (χ3v) is 3.43. The molecule has 0 bridgehead atoms. The lowest BCUT2D eigenvalue weighted by Crippen LogP contribution is -2.53. The molecule has 0 atom stereocenters. The van der Waals surface area contributed by atoms with E-state index in [-0.39, 0.29) is 0 Å². The molecule has 0 spiro atoms. The lowest BCUT2D eigenvalue weighted by molar-refractivity contribution is 0.00360. The van der Waals surface area contributed by atoms with Gasteiger partial charge >= 0.3 is 0 Å². The zero-order valence-electron chi connectivity index (χ0n) is 8.52. The van der Waals surface area contributed by atoms with Gasteiger partial charge in [-0.3, -0.25) is 0 Å². The van der Waals surface area contributed by atoms with Crippen LogP contribution in [0.4, 0.5) is 0 Å². The molecule has 0 aliphatic heterocycles. The summed E-state index contributed by atoms with van der Waals surface area (Å²) < 4.78 is 0. The normalized spacial score (nSPS) is 37.9. The van der Waals surface area contributed by atoms with Gasteiger partial charge in [0, 0.05) is 5.54 Å². The van der Waals surface area contributed by atoms with Crippen LogP contribution in [0.15, 0.2) is 0 Å². The van der Waals surface area contributed by atoms with Gasteiger partial charge in [0.2, 0.25) is 0 Å². The number of rotatable bonds is 2. The number of hydrogen-bond donors (Lipinski definition) is 0. The van der Waals surface area contributed by atoms with Crippen molar-refractivity contribution in [1.82, 2.24) is 4.90 Å². The van der Waals surface area contributed by atoms with E-state index in [1.165, 1.54) is 12.8 Å². The molecule has 1 nitrogen and oxygen atoms in total. The zero-order chi connectivity index (χ0) is 8.65. The molecular formula is C10H21N. The average molecular weight is 155 g/mol. The molecule has 11 heavy (non-hydrogen) atoms. The van der Waals surface area contributed by atoms with E-state index >= 15 is 0 Å². The van der Waals surface area contributed by atoms with Crippen molar-refractivity contribution < 1.29 is 0 Å². The van der Waals surface area contributed by atoms with Crippen molar-refractivity contribution in [3.63, 3.8) is 0 Å². The van der Waals surface area contributed by atoms with Crippen LogP contribution in [0.3, 0.4) is 0 Å². The zero-order valence-corrected chi connectivity index (χ0v) is 8.52. The fraction of sp³-hybridized carbons (Fsp3) is 1.00. The third kappa shape index (κ3) is 1.58. The molecule has 0 unspecified atom stereocenters. The van der Waals surface area contributed by atoms with E-state index in [2.05, 4.69) is 39.8 Å². The fourth-order valence-electron chi connectivity index (χ4n) is 1.91. The Hall–Kier alpha value is -0.0400. The lowest BCUT2D eigenvalue weighted by atomic mass is 9.64. The van der Waals surface area contributed by atoms with Gasteiger partial charge < -0.3 is 4.90 Å². The summed E-state index contributed by atoms with van der Waals surface area (Å²) in [5.41, 5.74) is 0.509. The number of nitrogens with zero attached hydrogens (tertiary/aromatic N) is 1. The Labute approximate surface area is 70.8 Å². The summed E-state index contributed by atoms with van der Waals surface area (Å²) in [4.78, 5) is 2.37. The first-order valence-corrected chi connectivity index (χ1v) is 4.63. The topological polar surface area (TPSA) is 3.24 Å². The van der Waals surface area contributed by atoms with E-state index in [0.29, 0.717) is 5.54 Å². The number of hydrogen-bond acceptors (Lipinski definition) is 1. The van der Waals surface area contributed by atoms with Gasteiger partial charge in [-0.1, -0.05) is 13.8 Å². The Kier molecular flexibility index (Phi) is 2.29. The van der Waals surface area contributed by atoms with Crippen molar-refractivity contribution in [2.45, 2.75) is 39.2 Å². The second kappa shape index (κ2) is 2.78. The highest BCUT2D eigenvalue weighted by atomic mass is 15.2. The summed E-state index contributed by atoms with van der Waals surface area (Å²) >= 11 is 0. The molecule has 1 aliphatic carbocycles. The second-order valence-electron chi connectivity index (χ2n) is 4.80. The van der Waals surface area contributed by atoms with Crippen LogP contribution in [0.5, 0.6) is 0 Å². The Morgan fingerprint density at radius 1 is 1.27 bits per heavy atom. The van der Waals surface area contributed by atoms with Gasteiger partial charge in [-0.2, -0.15) is 0 Å². The maximum absolute atomic E-state index is 2.37. The maximum atomic E-state index is 2.37. The second-order valence-corrected chi connectivity index (χ2v) is 4.80. The Bertz CT molecular complexity index is 132. The summed E-state index contributed by atoms with van der Waals surface area (Å²) in [5.74, 6) is 1.85. The highest BCUT2D eigenvalue weighted by Gasteiger charge is 2.42. The van der Waals surface area contributed by atoms with Gasteiger partial charge in [0.1, 0.15) is 0 Å². The molecular weight excluding hydrogens is 134 g/mol. The molecule has 0 N–H and O–H groups in total. The Morgan fingerprint density at radius 2 is 1.73 bits per heavy atom. The minimum absolute atomic E-state index is 0.509. The molecule has 1 fully saturated rings. The Morgan fingerprint density at radius 3 is 2.00 bits per heavy atom. The van der Waals surface area contributed by atoms with Crippen LogP contribution in [0, 0.1) is 11.8 Å². The molecule has 66 valence electrons. The van der Waals surface area contributed by atoms with E-state index in [4.69, 9.17) is 0 Å². The van der Waals surface area contributed by atoms with Crippen LogP contribution in [-0.2, 0) is 0 Å². The first kappa shape index (κ1) is 9.05. The smallest absolute Gasteiger partial charge is 0.0180 e. The van der Waals surface area contributed by atoms with Gasteiger partial charge in [0.15, 0.2) is 0 Å². The van der Waals surface area contributed by atoms with Crippen molar-refractivity contribution in [3.8, 4) is 0 Å². The van der Waals surface area contributed by atoms with Crippen LogP contribution in [0.2, 0.25) is 0 Å². The van der Waals surface area contributed by atoms with Crippen molar-refractivity contribution in [2.24, 2.45) is 11.8 Å². The molecule has 1 aliphatic rings. The summed E-state index contributed by atoms with van der Waals surface area (Å²) in [6.07, 6.45) is 2.77. The highest BCUT2D eigenvalue weighted by Crippen LogP contribution is 2.44. The average Bonchev–Trinajstić information content (AvgIpc) is 1.79. The van der Waals surface area contributed by atoms with E-state index in [0.717, 1.165) is 11.8 Å². The molecule has 1 saturated carbocycles. The van der Waals surface area contributed by atoms with E-state index < -0.39 is 0 Å². The van der Waals surface area contributed by atoms with Gasteiger partial charge in [-0.15, -0.1) is 0 Å². The highest BCUT2D eigenvalue weighted by molar-refractivity contribution is 4.97. The van der Waals surface area contributed by atoms with Crippen LogP contribution in [0.25, 0.3) is 0 Å². The third-order valence-electron chi connectivity index (χ3n) is 3.43. The van der Waals surface area contributed by atoms with Crippen molar-refractivity contribution in [3.05, 3.63) is 0 Å². The maximum Gasteiger partial charge on any atom is 0.0180 e. The molecule has 0 saturated heterocycles. The van der Waals surface area contributed by atoms with Gasteiger partial charge in [0.25, 0.3) is 0 Å². The summed E-state index contributed by atoms with van der Waals surface area (Å²) in [5, 5.41) is 0. The minimum atomic E-state index is 0.509. The van der Waals surface area contributed by atoms with Gasteiger partial charge in [-0.25, -0.2) is 0 Å². The quantitative estimate of drug-likeness (QED) is 0.592. The monoisotopic (exact) mass is 155 g/mol. The largest absolute Gasteiger partial charge is 0.304 e. The van der Waals surface area contributed by atoms with E-state index in [1.54, 1.807) is 0 Å². The molecule has 0 aromatic heterocycles. The summed E-state index contributed by atoms with van der Waals surface area (Å²) in [6, 6.07) is 0. The molecule has 0 radical (unpaired) electrons. The van der Waals surface area contributed by atoms with Crippen molar-refractivity contribution >= 4 is 0 Å². The lowest BCUT2D eigenvalue weighted by Gasteiger charge is -2.51. The molecule has 0 heterocycles. The first-order valence-electron chi connectivity index (χ1n) is 4.63. The van der Waals surface area contributed by atoms with Crippen LogP contribution in [-0.4, -0.2) is 24.5 Å². The Balaban J connectivity index is 2.38. The van der Waals surface area contributed by atoms with Crippen LogP contribution < -0.4 is 0 Å². The fourth-order valence-corrected chi connectivity index (χ4v) is 1.91. The van der Waals surface area contributed by atoms with Crippen LogP contribution >= 0.6 is 0 Å². The molecule has 0 amide bonds. The summed E-state index contributed by atoms with van der Waals surface area (Å²) in [6.45, 7) is 7.03. The molecule has 1 rings (SSSR count). The van der Waals surface area contributed by atoms with Crippen molar-refractivity contribution in [1.29, 1.82) is 0 Å². The molecule has 0 aromatic rings. The van der Waals surface area contributed by atoms with Gasteiger partial charge in [-0.05, 0) is 45.7 Å². The predicted octanol–water partition coefficient (Wildman–Crippen LogP) is 2.37. The molecule has 0 aromatic carbocycles. The van der Waals surface area contributed by atoms with Crippen molar-refractivity contribution in [2.75, 3.05) is 14.1 Å². The molecule has 1 heteroatoms. The van der Waals surface area contributed by atoms with E-state index in [9.17, 15) is 0 Å².